The maximum Gasteiger partial charge on any atom is 0.149 e. The Bertz CT molecular complexity index is 406. The predicted molar refractivity (Wildman–Crippen MR) is 55.8 cm³/mol. The second-order valence-electron chi connectivity index (χ2n) is 3.84. The number of hydrogen-bond donors (Lipinski definition) is 1. The number of rotatable bonds is 0. The van der Waals surface area contributed by atoms with Gasteiger partial charge in [-0.2, -0.15) is 0 Å². The van der Waals surface area contributed by atoms with Gasteiger partial charge in [-0.1, -0.05) is 24.3 Å². The van der Waals surface area contributed by atoms with Gasteiger partial charge in [0, 0.05) is 10.5 Å². The van der Waals surface area contributed by atoms with E-state index in [9.17, 15) is 5.11 Å². The normalized spacial score (nSPS) is 48.8. The van der Waals surface area contributed by atoms with Gasteiger partial charge in [0.25, 0.3) is 0 Å². The predicted octanol–water partition coefficient (Wildman–Crippen LogP) is 2.12. The van der Waals surface area contributed by atoms with E-state index < -0.39 is 4.93 Å². The highest BCUT2D eigenvalue weighted by atomic mass is 32.2. The van der Waals surface area contributed by atoms with E-state index in [4.69, 9.17) is 0 Å². The van der Waals surface area contributed by atoms with Crippen molar-refractivity contribution in [2.75, 3.05) is 0 Å². The summed E-state index contributed by atoms with van der Waals surface area (Å²) < 4.78 is 0. The highest BCUT2D eigenvalue weighted by Gasteiger charge is 2.70. The Hall–Kier alpha value is -0.120. The number of fused-ring (bicyclic) bond motifs is 6. The summed E-state index contributed by atoms with van der Waals surface area (Å²) in [4.78, 5) is -0.513. The van der Waals surface area contributed by atoms with E-state index in [1.54, 1.807) is 11.8 Å². The molecule has 1 aliphatic carbocycles. The van der Waals surface area contributed by atoms with Gasteiger partial charge in [-0.3, -0.25) is 0 Å². The fourth-order valence-electron chi connectivity index (χ4n) is 2.34. The van der Waals surface area contributed by atoms with Crippen molar-refractivity contribution >= 4 is 23.5 Å². The minimum Gasteiger partial charge on any atom is -0.374 e. The first-order valence-electron chi connectivity index (χ1n) is 4.46. The van der Waals surface area contributed by atoms with Gasteiger partial charge in [0.15, 0.2) is 0 Å². The van der Waals surface area contributed by atoms with Crippen LogP contribution in [-0.4, -0.2) is 15.6 Å². The van der Waals surface area contributed by atoms with Crippen molar-refractivity contribution in [3.8, 4) is 0 Å². The standard InChI is InChI=1S/C10H8OS2/c11-10-6-4-2-1-3-5(6)7-8(12-7)9(10)13-10/h1-4,7-9,11H. The third kappa shape index (κ3) is 0.729. The summed E-state index contributed by atoms with van der Waals surface area (Å²) in [5, 5.41) is 12.1. The Morgan fingerprint density at radius 3 is 3.08 bits per heavy atom. The topological polar surface area (TPSA) is 20.2 Å². The zero-order chi connectivity index (χ0) is 8.63. The zero-order valence-corrected chi connectivity index (χ0v) is 8.44. The zero-order valence-electron chi connectivity index (χ0n) is 6.81. The lowest BCUT2D eigenvalue weighted by Crippen LogP contribution is -2.21. The van der Waals surface area contributed by atoms with Gasteiger partial charge in [-0.05, 0) is 11.1 Å². The van der Waals surface area contributed by atoms with Gasteiger partial charge < -0.3 is 5.11 Å². The Morgan fingerprint density at radius 1 is 1.31 bits per heavy atom. The fraction of sp³-hybridized carbons (Fsp3) is 0.400. The summed E-state index contributed by atoms with van der Waals surface area (Å²) in [6.45, 7) is 0. The minimum absolute atomic E-state index is 0.484. The van der Waals surface area contributed by atoms with Crippen molar-refractivity contribution in [2.24, 2.45) is 0 Å². The van der Waals surface area contributed by atoms with Crippen LogP contribution < -0.4 is 0 Å². The Morgan fingerprint density at radius 2 is 2.15 bits per heavy atom. The quantitative estimate of drug-likeness (QED) is 0.659. The van der Waals surface area contributed by atoms with Crippen molar-refractivity contribution in [3.05, 3.63) is 35.4 Å². The highest BCUT2D eigenvalue weighted by molar-refractivity contribution is 8.12. The van der Waals surface area contributed by atoms with Crippen LogP contribution in [0.4, 0.5) is 0 Å². The molecule has 0 bridgehead atoms. The van der Waals surface area contributed by atoms with Crippen molar-refractivity contribution in [1.29, 1.82) is 0 Å². The molecule has 3 heteroatoms. The third-order valence-electron chi connectivity index (χ3n) is 3.11. The van der Waals surface area contributed by atoms with Gasteiger partial charge in [0.2, 0.25) is 0 Å². The highest BCUT2D eigenvalue weighted by Crippen LogP contribution is 2.77. The Labute approximate surface area is 84.9 Å². The van der Waals surface area contributed by atoms with E-state index in [-0.39, 0.29) is 0 Å². The minimum atomic E-state index is -0.513. The van der Waals surface area contributed by atoms with Crippen molar-refractivity contribution in [2.45, 2.75) is 20.7 Å². The summed E-state index contributed by atoms with van der Waals surface area (Å²) in [5.74, 6) is 0. The van der Waals surface area contributed by atoms with E-state index in [0.717, 1.165) is 0 Å². The molecule has 1 N–H and O–H groups in total. The molecule has 2 aliphatic heterocycles. The van der Waals surface area contributed by atoms with Gasteiger partial charge in [-0.15, -0.1) is 23.5 Å². The molecule has 2 saturated heterocycles. The molecule has 0 saturated carbocycles. The summed E-state index contributed by atoms with van der Waals surface area (Å²) in [6, 6.07) is 8.35. The molecule has 4 unspecified atom stereocenters. The van der Waals surface area contributed by atoms with Crippen LogP contribution in [-0.2, 0) is 4.93 Å². The van der Waals surface area contributed by atoms with E-state index >= 15 is 0 Å². The largest absolute Gasteiger partial charge is 0.374 e. The van der Waals surface area contributed by atoms with Gasteiger partial charge in [-0.25, -0.2) is 0 Å². The number of hydrogen-bond acceptors (Lipinski definition) is 3. The van der Waals surface area contributed by atoms with Gasteiger partial charge >= 0.3 is 0 Å². The molecular weight excluding hydrogens is 200 g/mol. The molecule has 66 valence electrons. The molecular formula is C10H8OS2. The van der Waals surface area contributed by atoms with Crippen LogP contribution in [0.3, 0.4) is 0 Å². The Kier molecular flexibility index (Phi) is 1.08. The van der Waals surface area contributed by atoms with Crippen LogP contribution in [0.2, 0.25) is 0 Å². The molecule has 4 rings (SSSR count). The molecule has 2 fully saturated rings. The van der Waals surface area contributed by atoms with Gasteiger partial charge in [0.05, 0.1) is 5.25 Å². The summed E-state index contributed by atoms with van der Waals surface area (Å²) in [6.07, 6.45) is 0. The van der Waals surface area contributed by atoms with Crippen molar-refractivity contribution < 1.29 is 5.11 Å². The van der Waals surface area contributed by atoms with Crippen LogP contribution in [0.1, 0.15) is 16.4 Å². The molecule has 3 aliphatic rings. The maximum atomic E-state index is 10.2. The lowest BCUT2D eigenvalue weighted by molar-refractivity contribution is 0.167. The molecule has 0 radical (unpaired) electrons. The van der Waals surface area contributed by atoms with Crippen LogP contribution in [0.15, 0.2) is 24.3 Å². The van der Waals surface area contributed by atoms with Gasteiger partial charge in [0.1, 0.15) is 4.93 Å². The van der Waals surface area contributed by atoms with Crippen LogP contribution in [0, 0.1) is 0 Å². The molecule has 2 heterocycles. The maximum absolute atomic E-state index is 10.2. The van der Waals surface area contributed by atoms with Crippen LogP contribution in [0.25, 0.3) is 0 Å². The van der Waals surface area contributed by atoms with Crippen molar-refractivity contribution in [1.82, 2.24) is 0 Å². The smallest absolute Gasteiger partial charge is 0.149 e. The van der Waals surface area contributed by atoms with Crippen molar-refractivity contribution in [3.63, 3.8) is 0 Å². The molecule has 1 nitrogen and oxygen atoms in total. The first-order chi connectivity index (χ1) is 6.31. The van der Waals surface area contributed by atoms with Crippen LogP contribution in [0.5, 0.6) is 0 Å². The summed E-state index contributed by atoms with van der Waals surface area (Å²) in [5.41, 5.74) is 2.55. The summed E-state index contributed by atoms with van der Waals surface area (Å²) in [7, 11) is 0. The lowest BCUT2D eigenvalue weighted by Gasteiger charge is -2.17. The summed E-state index contributed by atoms with van der Waals surface area (Å²) >= 11 is 3.74. The van der Waals surface area contributed by atoms with E-state index in [2.05, 4.69) is 18.2 Å². The Balaban J connectivity index is 2.01. The molecule has 0 amide bonds. The molecule has 4 atom stereocenters. The molecule has 1 aromatic rings. The second kappa shape index (κ2) is 1.95. The first-order valence-corrected chi connectivity index (χ1v) is 6.28. The number of benzene rings is 1. The lowest BCUT2D eigenvalue weighted by atomic mass is 9.90. The van der Waals surface area contributed by atoms with E-state index in [1.807, 2.05) is 17.8 Å². The molecule has 1 aromatic carbocycles. The average molecular weight is 208 g/mol. The van der Waals surface area contributed by atoms with E-state index in [0.29, 0.717) is 15.7 Å². The third-order valence-corrected chi connectivity index (χ3v) is 6.14. The SMILES string of the molecule is OC12SC1C1SC1c1ccccc12. The second-order valence-corrected chi connectivity index (χ2v) is 6.53. The molecule has 0 aromatic heterocycles. The monoisotopic (exact) mass is 208 g/mol. The molecule has 0 spiro atoms. The number of thioether (sulfide) groups is 2. The fourth-order valence-corrected chi connectivity index (χ4v) is 5.33. The van der Waals surface area contributed by atoms with Crippen LogP contribution >= 0.6 is 23.5 Å². The first kappa shape index (κ1) is 7.21. The van der Waals surface area contributed by atoms with E-state index in [1.165, 1.54) is 11.1 Å². The molecule has 13 heavy (non-hydrogen) atoms. The number of aliphatic hydroxyl groups is 1. The average Bonchev–Trinajstić information content (AvgIpc) is 2.97.